The molecule has 134 valence electrons. The average Bonchev–Trinajstić information content (AvgIpc) is 3.21. The molecule has 3 aromatic rings. The van der Waals surface area contributed by atoms with Gasteiger partial charge in [-0.05, 0) is 35.2 Å². The summed E-state index contributed by atoms with van der Waals surface area (Å²) in [6, 6.07) is 23.0. The highest BCUT2D eigenvalue weighted by molar-refractivity contribution is 5.87. The number of hydrogen-bond acceptors (Lipinski definition) is 3. The summed E-state index contributed by atoms with van der Waals surface area (Å²) in [5.74, 6) is 0.951. The fourth-order valence-electron chi connectivity index (χ4n) is 3.53. The van der Waals surface area contributed by atoms with Crippen LogP contribution in [0.2, 0.25) is 0 Å². The zero-order valence-electron chi connectivity index (χ0n) is 15.0. The molecule has 0 unspecified atom stereocenters. The van der Waals surface area contributed by atoms with Crippen LogP contribution in [0.15, 0.2) is 66.7 Å². The van der Waals surface area contributed by atoms with Gasteiger partial charge in [0, 0.05) is 25.3 Å². The molecular formula is C23H25NO2. The predicted molar refractivity (Wildman–Crippen MR) is 105 cm³/mol. The molecule has 1 aliphatic rings. The van der Waals surface area contributed by atoms with Crippen molar-refractivity contribution in [2.45, 2.75) is 32.1 Å². The summed E-state index contributed by atoms with van der Waals surface area (Å²) in [6.07, 6.45) is 2.67. The Labute approximate surface area is 154 Å². The lowest BCUT2D eigenvalue weighted by Gasteiger charge is -2.16. The molecule has 0 aliphatic carbocycles. The molecule has 1 saturated heterocycles. The van der Waals surface area contributed by atoms with Crippen LogP contribution in [0.25, 0.3) is 10.8 Å². The van der Waals surface area contributed by atoms with Crippen molar-refractivity contribution in [3.63, 3.8) is 0 Å². The van der Waals surface area contributed by atoms with E-state index in [-0.39, 0.29) is 0 Å². The number of nitrogens with one attached hydrogen (secondary N) is 1. The Balaban J connectivity index is 1.52. The van der Waals surface area contributed by atoms with Gasteiger partial charge in [-0.1, -0.05) is 60.7 Å². The molecule has 0 aromatic heterocycles. The number of benzene rings is 3. The van der Waals surface area contributed by atoms with Crippen LogP contribution in [0.4, 0.5) is 0 Å². The van der Waals surface area contributed by atoms with Gasteiger partial charge in [-0.15, -0.1) is 0 Å². The van der Waals surface area contributed by atoms with Crippen molar-refractivity contribution >= 4 is 10.8 Å². The monoisotopic (exact) mass is 347 g/mol. The minimum atomic E-state index is 0.346. The highest BCUT2D eigenvalue weighted by Gasteiger charge is 2.15. The maximum Gasteiger partial charge on any atom is 0.124 e. The molecule has 26 heavy (non-hydrogen) atoms. The van der Waals surface area contributed by atoms with E-state index in [4.69, 9.17) is 9.47 Å². The first-order chi connectivity index (χ1) is 12.9. The third-order valence-electron chi connectivity index (χ3n) is 4.93. The Bertz CT molecular complexity index is 841. The Morgan fingerprint density at radius 1 is 0.962 bits per heavy atom. The first-order valence-electron chi connectivity index (χ1n) is 9.40. The molecule has 1 N–H and O–H groups in total. The molecular weight excluding hydrogens is 322 g/mol. The standard InChI is InChI=1S/C23H25NO2/c1-2-7-18(8-3-1)17-26-23-13-12-19-9-4-5-11-21(19)22(23)16-24-15-20-10-6-14-25-20/h1-5,7-9,11-13,20,24H,6,10,14-17H2/t20-/m0/s1. The summed E-state index contributed by atoms with van der Waals surface area (Å²) < 4.78 is 11.9. The lowest BCUT2D eigenvalue weighted by atomic mass is 10.0. The number of rotatable bonds is 7. The molecule has 1 heterocycles. The molecule has 1 fully saturated rings. The molecule has 3 nitrogen and oxygen atoms in total. The third-order valence-corrected chi connectivity index (χ3v) is 4.93. The molecule has 1 aliphatic heterocycles. The fraction of sp³-hybridized carbons (Fsp3) is 0.304. The second-order valence-electron chi connectivity index (χ2n) is 6.80. The topological polar surface area (TPSA) is 30.5 Å². The normalized spacial score (nSPS) is 16.8. The molecule has 1 atom stereocenters. The first-order valence-corrected chi connectivity index (χ1v) is 9.40. The van der Waals surface area contributed by atoms with Crippen LogP contribution in [0, 0.1) is 0 Å². The molecule has 0 radical (unpaired) electrons. The number of hydrogen-bond donors (Lipinski definition) is 1. The Hall–Kier alpha value is -2.36. The Morgan fingerprint density at radius 2 is 1.81 bits per heavy atom. The van der Waals surface area contributed by atoms with Crippen molar-refractivity contribution in [3.8, 4) is 5.75 Å². The summed E-state index contributed by atoms with van der Waals surface area (Å²) >= 11 is 0. The van der Waals surface area contributed by atoms with Crippen molar-refractivity contribution < 1.29 is 9.47 Å². The van der Waals surface area contributed by atoms with E-state index in [2.05, 4.69) is 53.8 Å². The van der Waals surface area contributed by atoms with Crippen LogP contribution in [0.1, 0.15) is 24.0 Å². The summed E-state index contributed by atoms with van der Waals surface area (Å²) in [4.78, 5) is 0. The smallest absolute Gasteiger partial charge is 0.124 e. The van der Waals surface area contributed by atoms with Crippen LogP contribution in [-0.2, 0) is 17.9 Å². The SMILES string of the molecule is c1ccc(COc2ccc3ccccc3c2CNC[C@@H]2CCCO2)cc1. The van der Waals surface area contributed by atoms with E-state index in [0.29, 0.717) is 12.7 Å². The van der Waals surface area contributed by atoms with Crippen LogP contribution in [-0.4, -0.2) is 19.3 Å². The maximum absolute atomic E-state index is 6.18. The van der Waals surface area contributed by atoms with Crippen molar-refractivity contribution in [1.82, 2.24) is 5.32 Å². The molecule has 0 spiro atoms. The summed E-state index contributed by atoms with van der Waals surface area (Å²) in [7, 11) is 0. The highest BCUT2D eigenvalue weighted by atomic mass is 16.5. The first kappa shape index (κ1) is 17.1. The predicted octanol–water partition coefficient (Wildman–Crippen LogP) is 4.69. The quantitative estimate of drug-likeness (QED) is 0.673. The maximum atomic E-state index is 6.18. The van der Waals surface area contributed by atoms with Gasteiger partial charge in [0.15, 0.2) is 0 Å². The third kappa shape index (κ3) is 4.06. The molecule has 0 amide bonds. The summed E-state index contributed by atoms with van der Waals surface area (Å²) in [5, 5.41) is 6.06. The van der Waals surface area contributed by atoms with Gasteiger partial charge in [-0.3, -0.25) is 0 Å². The largest absolute Gasteiger partial charge is 0.489 e. The van der Waals surface area contributed by atoms with Crippen molar-refractivity contribution in [1.29, 1.82) is 0 Å². The Morgan fingerprint density at radius 3 is 2.65 bits per heavy atom. The minimum absolute atomic E-state index is 0.346. The van der Waals surface area contributed by atoms with Gasteiger partial charge in [0.05, 0.1) is 6.10 Å². The second-order valence-corrected chi connectivity index (χ2v) is 6.80. The van der Waals surface area contributed by atoms with Crippen LogP contribution in [0.5, 0.6) is 5.75 Å². The fourth-order valence-corrected chi connectivity index (χ4v) is 3.53. The van der Waals surface area contributed by atoms with Gasteiger partial charge in [0.2, 0.25) is 0 Å². The van der Waals surface area contributed by atoms with Crippen LogP contribution in [0.3, 0.4) is 0 Å². The van der Waals surface area contributed by atoms with Gasteiger partial charge in [0.25, 0.3) is 0 Å². The van der Waals surface area contributed by atoms with Gasteiger partial charge in [-0.25, -0.2) is 0 Å². The van der Waals surface area contributed by atoms with Gasteiger partial charge in [-0.2, -0.15) is 0 Å². The van der Waals surface area contributed by atoms with Gasteiger partial charge in [0.1, 0.15) is 12.4 Å². The number of fused-ring (bicyclic) bond motifs is 1. The average molecular weight is 347 g/mol. The van der Waals surface area contributed by atoms with Crippen molar-refractivity contribution in [2.75, 3.05) is 13.2 Å². The lowest BCUT2D eigenvalue weighted by Crippen LogP contribution is -2.26. The van der Waals surface area contributed by atoms with Crippen molar-refractivity contribution in [3.05, 3.63) is 77.9 Å². The highest BCUT2D eigenvalue weighted by Crippen LogP contribution is 2.29. The van der Waals surface area contributed by atoms with E-state index in [0.717, 1.165) is 31.9 Å². The van der Waals surface area contributed by atoms with E-state index in [1.807, 2.05) is 18.2 Å². The number of ether oxygens (including phenoxy) is 2. The molecule has 3 heteroatoms. The van der Waals surface area contributed by atoms with Gasteiger partial charge < -0.3 is 14.8 Å². The summed E-state index contributed by atoms with van der Waals surface area (Å²) in [6.45, 7) is 3.15. The molecule has 0 saturated carbocycles. The summed E-state index contributed by atoms with van der Waals surface area (Å²) in [5.41, 5.74) is 2.40. The molecule has 0 bridgehead atoms. The molecule has 3 aromatic carbocycles. The van der Waals surface area contributed by atoms with E-state index in [9.17, 15) is 0 Å². The minimum Gasteiger partial charge on any atom is -0.489 e. The van der Waals surface area contributed by atoms with Gasteiger partial charge >= 0.3 is 0 Å². The Kier molecular flexibility index (Phi) is 5.48. The zero-order chi connectivity index (χ0) is 17.6. The zero-order valence-corrected chi connectivity index (χ0v) is 15.0. The van der Waals surface area contributed by atoms with E-state index >= 15 is 0 Å². The van der Waals surface area contributed by atoms with Crippen LogP contribution >= 0.6 is 0 Å². The lowest BCUT2D eigenvalue weighted by molar-refractivity contribution is 0.110. The van der Waals surface area contributed by atoms with Crippen LogP contribution < -0.4 is 10.1 Å². The van der Waals surface area contributed by atoms with E-state index in [1.165, 1.54) is 28.3 Å². The van der Waals surface area contributed by atoms with E-state index < -0.39 is 0 Å². The van der Waals surface area contributed by atoms with Crippen molar-refractivity contribution in [2.24, 2.45) is 0 Å². The molecule has 4 rings (SSSR count). The second kappa shape index (κ2) is 8.35. The van der Waals surface area contributed by atoms with E-state index in [1.54, 1.807) is 0 Å².